The summed E-state index contributed by atoms with van der Waals surface area (Å²) < 4.78 is 24.3. The topological polar surface area (TPSA) is 105 Å². The van der Waals surface area contributed by atoms with Gasteiger partial charge in [0.05, 0.1) is 16.8 Å². The van der Waals surface area contributed by atoms with E-state index in [1.807, 2.05) is 5.48 Å². The molecule has 0 saturated carbocycles. The van der Waals surface area contributed by atoms with Gasteiger partial charge in [0, 0.05) is 0 Å². The highest BCUT2D eigenvalue weighted by Crippen LogP contribution is 2.27. The number of thiazole rings is 1. The number of hydrogen-bond donors (Lipinski definition) is 3. The third-order valence-corrected chi connectivity index (χ3v) is 5.12. The first-order valence-electron chi connectivity index (χ1n) is 4.50. The molecule has 0 fully saturated rings. The fourth-order valence-corrected chi connectivity index (χ4v) is 3.54. The van der Waals surface area contributed by atoms with Crippen LogP contribution in [-0.2, 0) is 9.84 Å². The second-order valence-electron chi connectivity index (χ2n) is 3.16. The molecule has 0 aliphatic carbocycles. The lowest BCUT2D eigenvalue weighted by Gasteiger charge is -2.02. The summed E-state index contributed by atoms with van der Waals surface area (Å²) >= 11 is 0.913. The van der Waals surface area contributed by atoms with Crippen molar-refractivity contribution in [2.75, 3.05) is 11.2 Å². The van der Waals surface area contributed by atoms with Crippen LogP contribution in [0.1, 0.15) is 0 Å². The molecule has 2 rings (SSSR count). The number of nitrogens with two attached hydrogens (primary N) is 1. The van der Waals surface area contributed by atoms with Gasteiger partial charge in [-0.25, -0.2) is 13.4 Å². The zero-order valence-electron chi connectivity index (χ0n) is 8.49. The smallest absolute Gasteiger partial charge is 0.217 e. The van der Waals surface area contributed by atoms with E-state index in [-0.39, 0.29) is 14.2 Å². The van der Waals surface area contributed by atoms with Gasteiger partial charge in [0.1, 0.15) is 4.21 Å². The van der Waals surface area contributed by atoms with E-state index in [9.17, 15) is 8.42 Å². The summed E-state index contributed by atoms with van der Waals surface area (Å²) in [5.74, 6) is 0. The van der Waals surface area contributed by atoms with Crippen molar-refractivity contribution >= 4 is 32.0 Å². The Labute approximate surface area is 102 Å². The zero-order chi connectivity index (χ0) is 12.5. The number of rotatable bonds is 3. The first-order valence-corrected chi connectivity index (χ1v) is 6.80. The summed E-state index contributed by atoms with van der Waals surface area (Å²) in [6.07, 6.45) is 1.23. The van der Waals surface area contributed by atoms with Crippen LogP contribution in [0.2, 0.25) is 0 Å². The molecule has 4 N–H and O–H groups in total. The summed E-state index contributed by atoms with van der Waals surface area (Å²) in [5.41, 5.74) is 7.73. The van der Waals surface area contributed by atoms with Crippen LogP contribution in [0.4, 0.5) is 10.8 Å². The van der Waals surface area contributed by atoms with Crippen molar-refractivity contribution in [2.45, 2.75) is 9.10 Å². The van der Waals surface area contributed by atoms with E-state index in [0.717, 1.165) is 11.3 Å². The average molecular weight is 271 g/mol. The maximum absolute atomic E-state index is 12.1. The van der Waals surface area contributed by atoms with Gasteiger partial charge in [-0.3, -0.25) is 10.7 Å². The third-order valence-electron chi connectivity index (χ3n) is 2.06. The largest absolute Gasteiger partial charge is 0.375 e. The van der Waals surface area contributed by atoms with Crippen LogP contribution in [-0.4, -0.2) is 18.6 Å². The minimum absolute atomic E-state index is 0.0970. The van der Waals surface area contributed by atoms with Gasteiger partial charge in [-0.15, -0.1) is 0 Å². The second-order valence-corrected chi connectivity index (χ2v) is 6.40. The van der Waals surface area contributed by atoms with Crippen molar-refractivity contribution in [1.82, 2.24) is 4.98 Å². The summed E-state index contributed by atoms with van der Waals surface area (Å²) in [7, 11) is -3.58. The number of sulfone groups is 1. The minimum atomic E-state index is -3.58. The Morgan fingerprint density at radius 1 is 1.29 bits per heavy atom. The van der Waals surface area contributed by atoms with Crippen molar-refractivity contribution < 1.29 is 13.6 Å². The number of benzene rings is 1. The van der Waals surface area contributed by atoms with Gasteiger partial charge in [-0.1, -0.05) is 11.3 Å². The molecule has 0 aliphatic rings. The molecule has 0 saturated heterocycles. The van der Waals surface area contributed by atoms with Crippen molar-refractivity contribution in [1.29, 1.82) is 0 Å². The van der Waals surface area contributed by atoms with Crippen molar-refractivity contribution in [2.24, 2.45) is 0 Å². The molecule has 2 aromatic rings. The third kappa shape index (κ3) is 2.23. The Bertz CT molecular complexity index is 619. The quantitative estimate of drug-likeness (QED) is 0.728. The van der Waals surface area contributed by atoms with E-state index in [0.29, 0.717) is 5.69 Å². The maximum atomic E-state index is 12.1. The molecule has 0 radical (unpaired) electrons. The number of nitrogens with zero attached hydrogens (tertiary/aromatic N) is 1. The van der Waals surface area contributed by atoms with Crippen molar-refractivity contribution in [3.8, 4) is 0 Å². The van der Waals surface area contributed by atoms with E-state index >= 15 is 0 Å². The summed E-state index contributed by atoms with van der Waals surface area (Å²) in [6.45, 7) is 0. The minimum Gasteiger partial charge on any atom is -0.375 e. The average Bonchev–Trinajstić information content (AvgIpc) is 2.77. The van der Waals surface area contributed by atoms with Gasteiger partial charge in [0.25, 0.3) is 0 Å². The number of nitrogens with one attached hydrogen (secondary N) is 1. The molecule has 6 nitrogen and oxygen atoms in total. The number of hydrogen-bond acceptors (Lipinski definition) is 7. The Hall–Kier alpha value is -1.64. The number of anilines is 2. The monoisotopic (exact) mass is 271 g/mol. The fourth-order valence-electron chi connectivity index (χ4n) is 1.22. The lowest BCUT2D eigenvalue weighted by atomic mass is 10.3. The van der Waals surface area contributed by atoms with E-state index < -0.39 is 9.84 Å². The molecule has 8 heteroatoms. The van der Waals surface area contributed by atoms with Gasteiger partial charge in [-0.05, 0) is 24.3 Å². The summed E-state index contributed by atoms with van der Waals surface area (Å²) in [4.78, 5) is 3.83. The highest BCUT2D eigenvalue weighted by molar-refractivity contribution is 7.93. The van der Waals surface area contributed by atoms with E-state index in [1.54, 1.807) is 0 Å². The predicted molar refractivity (Wildman–Crippen MR) is 63.8 cm³/mol. The molecule has 1 heterocycles. The number of aromatic nitrogens is 1. The van der Waals surface area contributed by atoms with Crippen molar-refractivity contribution in [3.05, 3.63) is 30.5 Å². The SMILES string of the molecule is Nc1ncc(S(=O)(=O)c2ccc(NO)cc2)s1. The molecule has 0 spiro atoms. The molecular formula is C9H9N3O3S2. The fraction of sp³-hybridized carbons (Fsp3) is 0. The van der Waals surface area contributed by atoms with Gasteiger partial charge < -0.3 is 5.73 Å². The zero-order valence-corrected chi connectivity index (χ0v) is 10.1. The van der Waals surface area contributed by atoms with Crippen LogP contribution in [0.15, 0.2) is 39.6 Å². The second kappa shape index (κ2) is 4.32. The molecule has 90 valence electrons. The maximum Gasteiger partial charge on any atom is 0.217 e. The van der Waals surface area contributed by atoms with Crippen LogP contribution in [0.5, 0.6) is 0 Å². The van der Waals surface area contributed by atoms with Gasteiger partial charge in [-0.2, -0.15) is 0 Å². The van der Waals surface area contributed by atoms with Gasteiger partial charge in [0.15, 0.2) is 5.13 Å². The highest BCUT2D eigenvalue weighted by Gasteiger charge is 2.20. The molecule has 1 aromatic carbocycles. The van der Waals surface area contributed by atoms with Crippen LogP contribution in [0.25, 0.3) is 0 Å². The Morgan fingerprint density at radius 2 is 1.94 bits per heavy atom. The standard InChI is InChI=1S/C9H9N3O3S2/c10-9-11-5-8(16-9)17(14,15)7-3-1-6(12-13)2-4-7/h1-5,12-13H,(H2,10,11). The van der Waals surface area contributed by atoms with Crippen LogP contribution >= 0.6 is 11.3 Å². The normalized spacial score (nSPS) is 11.4. The van der Waals surface area contributed by atoms with Crippen molar-refractivity contribution in [3.63, 3.8) is 0 Å². The lowest BCUT2D eigenvalue weighted by Crippen LogP contribution is -2.00. The Kier molecular flexibility index (Phi) is 3.01. The molecule has 0 amide bonds. The molecule has 0 aliphatic heterocycles. The van der Waals surface area contributed by atoms with E-state index in [1.165, 1.54) is 30.5 Å². The van der Waals surface area contributed by atoms with Crippen LogP contribution < -0.4 is 11.2 Å². The molecule has 0 atom stereocenters. The molecule has 0 unspecified atom stereocenters. The molecule has 17 heavy (non-hydrogen) atoms. The number of nitrogen functional groups attached to an aromatic ring is 1. The highest BCUT2D eigenvalue weighted by atomic mass is 32.2. The predicted octanol–water partition coefficient (Wildman–Crippen LogP) is 1.36. The Morgan fingerprint density at radius 3 is 2.41 bits per heavy atom. The van der Waals surface area contributed by atoms with Gasteiger partial charge >= 0.3 is 0 Å². The molecule has 1 aromatic heterocycles. The van der Waals surface area contributed by atoms with Gasteiger partial charge in [0.2, 0.25) is 9.84 Å². The Balaban J connectivity index is 2.44. The first-order chi connectivity index (χ1) is 8.04. The van der Waals surface area contributed by atoms with Crippen LogP contribution in [0.3, 0.4) is 0 Å². The molecular weight excluding hydrogens is 262 g/mol. The summed E-state index contributed by atoms with van der Waals surface area (Å²) in [6, 6.07) is 5.70. The van der Waals surface area contributed by atoms with E-state index in [4.69, 9.17) is 10.9 Å². The van der Waals surface area contributed by atoms with Crippen LogP contribution in [0, 0.1) is 0 Å². The molecule has 0 bridgehead atoms. The lowest BCUT2D eigenvalue weighted by molar-refractivity contribution is 0.389. The summed E-state index contributed by atoms with van der Waals surface area (Å²) in [5, 5.41) is 8.83. The van der Waals surface area contributed by atoms with E-state index in [2.05, 4.69) is 4.98 Å². The first kappa shape index (κ1) is 11.8.